The maximum Gasteiger partial charge on any atom is 0.638 e. The number of aromatic hydroxyl groups is 2. The number of halogens is 1. The van der Waals surface area contributed by atoms with Crippen LogP contribution in [-0.2, 0) is 6.54 Å². The number of para-hydroxylation sites is 2. The zero-order valence-corrected chi connectivity index (χ0v) is 14.6. The predicted octanol–water partition coefficient (Wildman–Crippen LogP) is 3.52. The lowest BCUT2D eigenvalue weighted by Gasteiger charge is -2.05. The van der Waals surface area contributed by atoms with Crippen molar-refractivity contribution >= 4 is 22.5 Å². The second-order valence-electron chi connectivity index (χ2n) is 6.02. The monoisotopic (exact) mass is 364 g/mol. The molecule has 4 rings (SSSR count). The van der Waals surface area contributed by atoms with Crippen molar-refractivity contribution in [2.45, 2.75) is 6.54 Å². The van der Waals surface area contributed by atoms with Crippen LogP contribution in [0.3, 0.4) is 0 Å². The molecule has 0 spiro atoms. The highest BCUT2D eigenvalue weighted by Crippen LogP contribution is 2.23. The quantitative estimate of drug-likeness (QED) is 0.546. The lowest BCUT2D eigenvalue weighted by atomic mass is 10.2. The fraction of sp³-hybridized carbons (Fsp3) is 0.0476. The maximum atomic E-state index is 11.0. The van der Waals surface area contributed by atoms with Crippen molar-refractivity contribution in [2.75, 3.05) is 0 Å². The Hall–Kier alpha value is -3.11. The van der Waals surface area contributed by atoms with Gasteiger partial charge in [-0.05, 0) is 22.8 Å². The summed E-state index contributed by atoms with van der Waals surface area (Å²) in [4.78, 5) is 0. The minimum Gasteiger partial charge on any atom is -0.459 e. The number of nitrogens with zero attached hydrogens (tertiary/aromatic N) is 2. The summed E-state index contributed by atoms with van der Waals surface area (Å²) in [5.41, 5.74) is 2.41. The van der Waals surface area contributed by atoms with Crippen molar-refractivity contribution in [3.63, 3.8) is 0 Å². The van der Waals surface area contributed by atoms with Crippen LogP contribution < -0.4 is 9.13 Å². The molecule has 4 nitrogen and oxygen atoms in total. The van der Waals surface area contributed by atoms with Crippen molar-refractivity contribution in [1.29, 1.82) is 0 Å². The van der Waals surface area contributed by atoms with Crippen LogP contribution in [0.4, 0.5) is 0 Å². The van der Waals surface area contributed by atoms with Gasteiger partial charge in [0.1, 0.15) is 0 Å². The van der Waals surface area contributed by atoms with Crippen LogP contribution in [0.1, 0.15) is 5.56 Å². The van der Waals surface area contributed by atoms with Crippen LogP contribution >= 0.6 is 11.6 Å². The third-order valence-electron chi connectivity index (χ3n) is 4.36. The molecule has 0 fully saturated rings. The molecule has 3 aromatic carbocycles. The molecular formula is C21H17ClN2O2+2. The van der Waals surface area contributed by atoms with Gasteiger partial charge < -0.3 is 10.2 Å². The molecule has 0 radical (unpaired) electrons. The summed E-state index contributed by atoms with van der Waals surface area (Å²) in [5.74, 6) is -0.00310. The zero-order chi connectivity index (χ0) is 18.1. The van der Waals surface area contributed by atoms with Crippen LogP contribution in [0.25, 0.3) is 16.6 Å². The predicted molar refractivity (Wildman–Crippen MR) is 99.6 cm³/mol. The Labute approximate surface area is 155 Å². The van der Waals surface area contributed by atoms with Gasteiger partial charge in [0.05, 0.1) is 0 Å². The van der Waals surface area contributed by atoms with Crippen LogP contribution in [0.15, 0.2) is 78.9 Å². The fourth-order valence-electron chi connectivity index (χ4n) is 3.08. The van der Waals surface area contributed by atoms with E-state index in [0.29, 0.717) is 22.6 Å². The minimum atomic E-state index is -0.0534. The lowest BCUT2D eigenvalue weighted by molar-refractivity contribution is -0.776. The number of aromatic nitrogens is 2. The molecule has 0 saturated heterocycles. The molecule has 0 aliphatic rings. The Morgan fingerprint density at radius 2 is 1.42 bits per heavy atom. The Bertz CT molecular complexity index is 1080. The van der Waals surface area contributed by atoms with Gasteiger partial charge in [0, 0.05) is 28.8 Å². The van der Waals surface area contributed by atoms with Crippen LogP contribution in [0.2, 0.25) is 5.02 Å². The number of fused-ring (bicyclic) bond motifs is 1. The van der Waals surface area contributed by atoms with Gasteiger partial charge in [0.2, 0.25) is 11.2 Å². The molecule has 0 atom stereocenters. The Morgan fingerprint density at radius 1 is 0.769 bits per heavy atom. The van der Waals surface area contributed by atoms with E-state index in [1.54, 1.807) is 4.57 Å². The average molecular weight is 365 g/mol. The van der Waals surface area contributed by atoms with E-state index in [9.17, 15) is 10.2 Å². The normalized spacial score (nSPS) is 11.0. The van der Waals surface area contributed by atoms with Gasteiger partial charge in [-0.3, -0.25) is 0 Å². The van der Waals surface area contributed by atoms with Gasteiger partial charge in [-0.15, -0.1) is 0 Å². The van der Waals surface area contributed by atoms with Gasteiger partial charge in [0.25, 0.3) is 0 Å². The summed E-state index contributed by atoms with van der Waals surface area (Å²) in [6.07, 6.45) is 0. The summed E-state index contributed by atoms with van der Waals surface area (Å²) in [7, 11) is 0. The first-order chi connectivity index (χ1) is 12.6. The van der Waals surface area contributed by atoms with E-state index in [1.807, 2.05) is 78.9 Å². The van der Waals surface area contributed by atoms with Crippen molar-refractivity contribution in [3.8, 4) is 17.6 Å². The molecule has 1 aromatic heterocycles. The van der Waals surface area contributed by atoms with E-state index in [0.717, 1.165) is 11.1 Å². The van der Waals surface area contributed by atoms with E-state index >= 15 is 0 Å². The van der Waals surface area contributed by atoms with Gasteiger partial charge in [-0.25, -0.2) is 0 Å². The standard InChI is InChI=1S/C21H15ClN2O2/c22-16-12-10-15(11-13-16)14-23-19-9-5-4-8-18(19)20(25)24(21(23)26)17-6-2-1-3-7-17/h1-13H,14H2/p+2. The molecule has 2 N–H and O–H groups in total. The number of hydrogen-bond acceptors (Lipinski definition) is 2. The summed E-state index contributed by atoms with van der Waals surface area (Å²) in [6, 6.07) is 24.2. The van der Waals surface area contributed by atoms with E-state index in [-0.39, 0.29) is 11.9 Å². The summed E-state index contributed by atoms with van der Waals surface area (Å²) >= 11 is 5.97. The number of benzene rings is 3. The third kappa shape index (κ3) is 2.85. The van der Waals surface area contributed by atoms with E-state index in [1.165, 1.54) is 4.57 Å². The first-order valence-electron chi connectivity index (χ1n) is 8.23. The van der Waals surface area contributed by atoms with Crippen molar-refractivity contribution in [3.05, 3.63) is 89.4 Å². The SMILES string of the molecule is Oc1c2ccccc2[n+](Cc2ccc(Cl)cc2)c(O)[n+]1-c1ccccc1. The van der Waals surface area contributed by atoms with Gasteiger partial charge in [-0.2, -0.15) is 0 Å². The van der Waals surface area contributed by atoms with Crippen molar-refractivity contribution in [1.82, 2.24) is 0 Å². The van der Waals surface area contributed by atoms with E-state index < -0.39 is 0 Å². The highest BCUT2D eigenvalue weighted by atomic mass is 35.5. The lowest BCUT2D eigenvalue weighted by Crippen LogP contribution is -2.47. The molecule has 0 aliphatic heterocycles. The molecule has 5 heteroatoms. The molecule has 0 aliphatic carbocycles. The Balaban J connectivity index is 1.97. The average Bonchev–Trinajstić information content (AvgIpc) is 2.68. The molecule has 1 heterocycles. The van der Waals surface area contributed by atoms with Crippen LogP contribution in [0, 0.1) is 0 Å². The van der Waals surface area contributed by atoms with Crippen molar-refractivity contribution in [2.24, 2.45) is 0 Å². The smallest absolute Gasteiger partial charge is 0.459 e. The second-order valence-corrected chi connectivity index (χ2v) is 6.46. The summed E-state index contributed by atoms with van der Waals surface area (Å²) in [6.45, 7) is 0.441. The van der Waals surface area contributed by atoms with Gasteiger partial charge in [-0.1, -0.05) is 58.6 Å². The topological polar surface area (TPSA) is 48.2 Å². The van der Waals surface area contributed by atoms with Crippen LogP contribution in [-0.4, -0.2) is 10.2 Å². The molecule has 26 heavy (non-hydrogen) atoms. The van der Waals surface area contributed by atoms with Gasteiger partial charge >= 0.3 is 11.9 Å². The summed E-state index contributed by atoms with van der Waals surface area (Å²) < 4.78 is 3.21. The van der Waals surface area contributed by atoms with Crippen LogP contribution in [0.5, 0.6) is 11.9 Å². The Kier molecular flexibility index (Phi) is 4.19. The molecule has 0 amide bonds. The van der Waals surface area contributed by atoms with Crippen molar-refractivity contribution < 1.29 is 19.3 Å². The molecule has 128 valence electrons. The molecular weight excluding hydrogens is 348 g/mol. The highest BCUT2D eigenvalue weighted by molar-refractivity contribution is 6.30. The largest absolute Gasteiger partial charge is 0.638 e. The molecule has 0 saturated carbocycles. The first-order valence-corrected chi connectivity index (χ1v) is 8.61. The zero-order valence-electron chi connectivity index (χ0n) is 13.9. The number of rotatable bonds is 3. The minimum absolute atomic E-state index is 0.00310. The Morgan fingerprint density at radius 3 is 2.15 bits per heavy atom. The third-order valence-corrected chi connectivity index (χ3v) is 4.61. The molecule has 4 aromatic rings. The van der Waals surface area contributed by atoms with E-state index in [4.69, 9.17) is 11.6 Å². The second kappa shape index (κ2) is 6.65. The summed E-state index contributed by atoms with van der Waals surface area (Å²) in [5, 5.41) is 23.1. The number of hydrogen-bond donors (Lipinski definition) is 2. The maximum absolute atomic E-state index is 11.0. The molecule has 0 unspecified atom stereocenters. The first kappa shape index (κ1) is 16.4. The van der Waals surface area contributed by atoms with E-state index in [2.05, 4.69) is 0 Å². The fourth-order valence-corrected chi connectivity index (χ4v) is 3.21. The van der Waals surface area contributed by atoms with Gasteiger partial charge in [0.15, 0.2) is 11.9 Å². The molecule has 0 bridgehead atoms. The highest BCUT2D eigenvalue weighted by Gasteiger charge is 2.35.